The highest BCUT2D eigenvalue weighted by molar-refractivity contribution is 6.02. The Morgan fingerprint density at radius 1 is 1.10 bits per heavy atom. The van der Waals surface area contributed by atoms with Crippen molar-refractivity contribution in [3.05, 3.63) is 70.1 Å². The molecule has 29 heavy (non-hydrogen) atoms. The number of aryl methyl sites for hydroxylation is 1. The van der Waals surface area contributed by atoms with Crippen LogP contribution in [0.25, 0.3) is 10.8 Å². The Morgan fingerprint density at radius 2 is 1.76 bits per heavy atom. The summed E-state index contributed by atoms with van der Waals surface area (Å²) < 4.78 is 11.5. The van der Waals surface area contributed by atoms with Crippen molar-refractivity contribution in [2.75, 3.05) is 13.7 Å². The molecule has 1 aromatic heterocycles. The first-order valence-corrected chi connectivity index (χ1v) is 8.97. The summed E-state index contributed by atoms with van der Waals surface area (Å²) in [5, 5.41) is 7.49. The number of nitrogens with zero attached hydrogens (tertiary/aromatic N) is 2. The number of rotatable bonds is 6. The number of aromatic nitrogens is 2. The standard InChI is InChI=1S/C21H21N3O5/c1-13(14-8-6-7-11-17(14)28-3)22-18(25)12-29-21(27)19-15-9-4-5-10-16(15)20(26)24(2)23-19/h4-11,13H,12H2,1-3H3,(H,22,25). The number of hydrogen-bond acceptors (Lipinski definition) is 6. The Labute approximate surface area is 167 Å². The first kappa shape index (κ1) is 20.1. The quantitative estimate of drug-likeness (QED) is 0.641. The van der Waals surface area contributed by atoms with E-state index in [0.29, 0.717) is 16.5 Å². The number of nitrogens with one attached hydrogen (secondary N) is 1. The number of methoxy groups -OCH3 is 1. The van der Waals surface area contributed by atoms with Crippen LogP contribution in [0.2, 0.25) is 0 Å². The minimum Gasteiger partial charge on any atom is -0.496 e. The van der Waals surface area contributed by atoms with Crippen molar-refractivity contribution in [2.24, 2.45) is 7.05 Å². The number of carbonyl (C=O) groups is 2. The molecule has 0 aliphatic heterocycles. The predicted molar refractivity (Wildman–Crippen MR) is 107 cm³/mol. The lowest BCUT2D eigenvalue weighted by Gasteiger charge is -2.17. The SMILES string of the molecule is COc1ccccc1C(C)NC(=O)COC(=O)c1nn(C)c(=O)c2ccccc12. The fourth-order valence-corrected chi connectivity index (χ4v) is 3.03. The number of hydrogen-bond donors (Lipinski definition) is 1. The van der Waals surface area contributed by atoms with Gasteiger partial charge in [-0.15, -0.1) is 0 Å². The summed E-state index contributed by atoms with van der Waals surface area (Å²) in [4.78, 5) is 36.9. The zero-order chi connectivity index (χ0) is 21.0. The molecular weight excluding hydrogens is 374 g/mol. The average Bonchev–Trinajstić information content (AvgIpc) is 2.74. The van der Waals surface area contributed by atoms with Crippen molar-refractivity contribution >= 4 is 22.6 Å². The van der Waals surface area contributed by atoms with Crippen LogP contribution in [0.5, 0.6) is 5.75 Å². The lowest BCUT2D eigenvalue weighted by molar-refractivity contribution is -0.124. The van der Waals surface area contributed by atoms with Gasteiger partial charge in [0.1, 0.15) is 5.75 Å². The molecule has 1 amide bonds. The molecule has 8 heteroatoms. The molecule has 0 spiro atoms. The summed E-state index contributed by atoms with van der Waals surface area (Å²) in [6.07, 6.45) is 0. The summed E-state index contributed by atoms with van der Waals surface area (Å²) in [5.41, 5.74) is 0.467. The van der Waals surface area contributed by atoms with Crippen LogP contribution >= 0.6 is 0 Å². The van der Waals surface area contributed by atoms with Crippen LogP contribution in [0.3, 0.4) is 0 Å². The number of fused-ring (bicyclic) bond motifs is 1. The third-order valence-electron chi connectivity index (χ3n) is 4.47. The Kier molecular flexibility index (Phi) is 5.92. The molecule has 0 radical (unpaired) electrons. The number of benzene rings is 2. The molecule has 1 N–H and O–H groups in total. The van der Waals surface area contributed by atoms with Crippen molar-refractivity contribution in [3.8, 4) is 5.75 Å². The lowest BCUT2D eigenvalue weighted by atomic mass is 10.1. The van der Waals surface area contributed by atoms with E-state index in [4.69, 9.17) is 9.47 Å². The number of ether oxygens (including phenoxy) is 2. The smallest absolute Gasteiger partial charge is 0.359 e. The molecular formula is C21H21N3O5. The van der Waals surface area contributed by atoms with Gasteiger partial charge in [-0.1, -0.05) is 36.4 Å². The molecule has 1 unspecified atom stereocenters. The highest BCUT2D eigenvalue weighted by atomic mass is 16.5. The van der Waals surface area contributed by atoms with Crippen LogP contribution in [0.1, 0.15) is 29.0 Å². The summed E-state index contributed by atoms with van der Waals surface area (Å²) in [6, 6.07) is 13.6. The van der Waals surface area contributed by atoms with E-state index < -0.39 is 18.5 Å². The van der Waals surface area contributed by atoms with E-state index in [1.165, 1.54) is 7.05 Å². The fourth-order valence-electron chi connectivity index (χ4n) is 3.03. The highest BCUT2D eigenvalue weighted by Gasteiger charge is 2.19. The number of amides is 1. The van der Waals surface area contributed by atoms with Gasteiger partial charge in [0.2, 0.25) is 0 Å². The number of carbonyl (C=O) groups excluding carboxylic acids is 2. The van der Waals surface area contributed by atoms with Crippen molar-refractivity contribution in [1.82, 2.24) is 15.1 Å². The maximum absolute atomic E-state index is 12.5. The zero-order valence-corrected chi connectivity index (χ0v) is 16.3. The van der Waals surface area contributed by atoms with Gasteiger partial charge < -0.3 is 14.8 Å². The second-order valence-corrected chi connectivity index (χ2v) is 6.43. The Hall–Kier alpha value is -3.68. The minimum atomic E-state index is -0.781. The van der Waals surface area contributed by atoms with Gasteiger partial charge in [-0.2, -0.15) is 5.10 Å². The van der Waals surface area contributed by atoms with Crippen LogP contribution in [0.15, 0.2) is 53.3 Å². The molecule has 0 bridgehead atoms. The molecule has 2 aromatic carbocycles. The Morgan fingerprint density at radius 3 is 2.48 bits per heavy atom. The van der Waals surface area contributed by atoms with Crippen LogP contribution in [-0.4, -0.2) is 35.4 Å². The molecule has 0 aliphatic rings. The van der Waals surface area contributed by atoms with Gasteiger partial charge in [0, 0.05) is 18.0 Å². The third-order valence-corrected chi connectivity index (χ3v) is 4.47. The summed E-state index contributed by atoms with van der Waals surface area (Å²) >= 11 is 0. The van der Waals surface area contributed by atoms with Crippen molar-refractivity contribution in [2.45, 2.75) is 13.0 Å². The predicted octanol–water partition coefficient (Wildman–Crippen LogP) is 1.98. The van der Waals surface area contributed by atoms with Crippen LogP contribution in [0.4, 0.5) is 0 Å². The number of esters is 1. The van der Waals surface area contributed by atoms with Crippen molar-refractivity contribution in [3.63, 3.8) is 0 Å². The largest absolute Gasteiger partial charge is 0.496 e. The maximum atomic E-state index is 12.5. The first-order chi connectivity index (χ1) is 13.9. The van der Waals surface area contributed by atoms with E-state index in [9.17, 15) is 14.4 Å². The summed E-state index contributed by atoms with van der Waals surface area (Å²) in [7, 11) is 3.01. The minimum absolute atomic E-state index is 0.0201. The summed E-state index contributed by atoms with van der Waals surface area (Å²) in [5.74, 6) is -0.596. The molecule has 1 atom stereocenters. The molecule has 0 saturated carbocycles. The van der Waals surface area contributed by atoms with Crippen molar-refractivity contribution < 1.29 is 19.1 Å². The molecule has 150 valence electrons. The summed E-state index contributed by atoms with van der Waals surface area (Å²) in [6.45, 7) is 1.33. The van der Waals surface area contributed by atoms with Gasteiger partial charge in [0.05, 0.1) is 18.5 Å². The van der Waals surface area contributed by atoms with Crippen LogP contribution < -0.4 is 15.6 Å². The van der Waals surface area contributed by atoms with Crippen LogP contribution in [-0.2, 0) is 16.6 Å². The van der Waals surface area contributed by atoms with Gasteiger partial charge in [-0.05, 0) is 19.1 Å². The van der Waals surface area contributed by atoms with E-state index in [0.717, 1.165) is 10.2 Å². The van der Waals surface area contributed by atoms with Gasteiger partial charge in [0.25, 0.3) is 11.5 Å². The normalized spacial score (nSPS) is 11.7. The molecule has 0 fully saturated rings. The molecule has 1 heterocycles. The van der Waals surface area contributed by atoms with Gasteiger partial charge in [-0.3, -0.25) is 9.59 Å². The van der Waals surface area contributed by atoms with E-state index in [2.05, 4.69) is 10.4 Å². The maximum Gasteiger partial charge on any atom is 0.359 e. The topological polar surface area (TPSA) is 99.5 Å². The fraction of sp³-hybridized carbons (Fsp3) is 0.238. The van der Waals surface area contributed by atoms with E-state index in [-0.39, 0.29) is 17.3 Å². The third kappa shape index (κ3) is 4.26. The molecule has 0 aliphatic carbocycles. The van der Waals surface area contributed by atoms with E-state index in [1.807, 2.05) is 18.2 Å². The van der Waals surface area contributed by atoms with Gasteiger partial charge in [-0.25, -0.2) is 9.48 Å². The molecule has 3 rings (SSSR count). The molecule has 3 aromatic rings. The van der Waals surface area contributed by atoms with Crippen LogP contribution in [0, 0.1) is 0 Å². The monoisotopic (exact) mass is 395 g/mol. The Bertz CT molecular complexity index is 1120. The van der Waals surface area contributed by atoms with Gasteiger partial charge in [0.15, 0.2) is 12.3 Å². The second kappa shape index (κ2) is 8.55. The highest BCUT2D eigenvalue weighted by Crippen LogP contribution is 2.24. The van der Waals surface area contributed by atoms with E-state index >= 15 is 0 Å². The average molecular weight is 395 g/mol. The van der Waals surface area contributed by atoms with Gasteiger partial charge >= 0.3 is 5.97 Å². The zero-order valence-electron chi connectivity index (χ0n) is 16.3. The number of para-hydroxylation sites is 1. The molecule has 8 nitrogen and oxygen atoms in total. The first-order valence-electron chi connectivity index (χ1n) is 8.97. The molecule has 0 saturated heterocycles. The lowest BCUT2D eigenvalue weighted by Crippen LogP contribution is -2.32. The second-order valence-electron chi connectivity index (χ2n) is 6.43. The van der Waals surface area contributed by atoms with Crippen molar-refractivity contribution in [1.29, 1.82) is 0 Å². The Balaban J connectivity index is 1.70. The van der Waals surface area contributed by atoms with E-state index in [1.54, 1.807) is 44.4 Å².